The van der Waals surface area contributed by atoms with E-state index in [4.69, 9.17) is 4.74 Å². The van der Waals surface area contributed by atoms with Crippen LogP contribution >= 0.6 is 0 Å². The van der Waals surface area contributed by atoms with Crippen molar-refractivity contribution in [2.75, 3.05) is 9.80 Å². The molecule has 2 aromatic heterocycles. The summed E-state index contributed by atoms with van der Waals surface area (Å²) in [6.07, 6.45) is 5.92. The van der Waals surface area contributed by atoms with Crippen LogP contribution in [0.2, 0.25) is 0 Å². The van der Waals surface area contributed by atoms with Gasteiger partial charge in [0, 0.05) is 50.0 Å². The van der Waals surface area contributed by atoms with Gasteiger partial charge in [-0.2, -0.15) is 12.1 Å². The van der Waals surface area contributed by atoms with Crippen molar-refractivity contribution in [2.45, 2.75) is 0 Å². The molecule has 0 atom stereocenters. The summed E-state index contributed by atoms with van der Waals surface area (Å²) in [4.78, 5) is 8.82. The van der Waals surface area contributed by atoms with E-state index in [0.717, 1.165) is 50.1 Å². The molecule has 0 fully saturated rings. The van der Waals surface area contributed by atoms with E-state index in [1.54, 1.807) is 0 Å². The molecule has 3 heterocycles. The third kappa shape index (κ3) is 5.97. The first kappa shape index (κ1) is 31.4. The summed E-state index contributed by atoms with van der Waals surface area (Å²) in [6, 6.07) is 59.0. The maximum atomic E-state index is 6.39. The van der Waals surface area contributed by atoms with Gasteiger partial charge in [0.2, 0.25) is 0 Å². The summed E-state index contributed by atoms with van der Waals surface area (Å²) in [5, 5.41) is 2.24. The quantitative estimate of drug-likeness (QED) is 0.150. The fraction of sp³-hybridized carbons (Fsp3) is 0. The van der Waals surface area contributed by atoms with E-state index >= 15 is 0 Å². The van der Waals surface area contributed by atoms with Crippen molar-refractivity contribution in [3.05, 3.63) is 189 Å². The van der Waals surface area contributed by atoms with Crippen LogP contribution in [-0.4, -0.2) is 9.55 Å². The molecule has 1 aliphatic heterocycles. The normalized spacial score (nSPS) is 12.4. The molecular formula is C44H29N4OPt-3. The first-order valence-electron chi connectivity index (χ1n) is 16.2. The average molecular weight is 825 g/mol. The molecule has 6 aromatic carbocycles. The summed E-state index contributed by atoms with van der Waals surface area (Å²) in [6.45, 7) is 2.07. The van der Waals surface area contributed by atoms with Gasteiger partial charge in [0.25, 0.3) is 0 Å². The molecule has 9 rings (SSSR count). The first-order valence-corrected chi connectivity index (χ1v) is 16.2. The molecule has 1 aliphatic rings. The number of benzene rings is 6. The zero-order chi connectivity index (χ0) is 32.6. The Hall–Kier alpha value is -5.90. The number of fused-ring (bicyclic) bond motifs is 3. The van der Waals surface area contributed by atoms with Crippen LogP contribution in [-0.2, 0) is 21.1 Å². The number of rotatable bonds is 7. The molecule has 6 heteroatoms. The van der Waals surface area contributed by atoms with Crippen molar-refractivity contribution < 1.29 is 25.8 Å². The van der Waals surface area contributed by atoms with Crippen LogP contribution in [0.4, 0.5) is 11.4 Å². The number of para-hydroxylation sites is 1. The van der Waals surface area contributed by atoms with Gasteiger partial charge >= 0.3 is 0 Å². The van der Waals surface area contributed by atoms with Crippen LogP contribution in [0.5, 0.6) is 11.5 Å². The smallest absolute Gasteiger partial charge is 0.135 e. The Bertz CT molecular complexity index is 2400. The molecular weight excluding hydrogens is 796 g/mol. The Morgan fingerprint density at radius 3 is 1.96 bits per heavy atom. The summed E-state index contributed by atoms with van der Waals surface area (Å²) in [5.74, 6) is 2.04. The van der Waals surface area contributed by atoms with Crippen molar-refractivity contribution in [3.8, 4) is 39.6 Å². The maximum Gasteiger partial charge on any atom is 0.135 e. The van der Waals surface area contributed by atoms with E-state index in [1.165, 1.54) is 11.1 Å². The molecule has 0 unspecified atom stereocenters. The minimum Gasteiger partial charge on any atom is -0.509 e. The number of nitrogens with zero attached hydrogens (tertiary/aromatic N) is 4. The molecule has 244 valence electrons. The summed E-state index contributed by atoms with van der Waals surface area (Å²) >= 11 is 0. The van der Waals surface area contributed by atoms with Crippen molar-refractivity contribution in [1.82, 2.24) is 9.55 Å². The van der Waals surface area contributed by atoms with Crippen molar-refractivity contribution in [3.63, 3.8) is 0 Å². The first-order chi connectivity index (χ1) is 24.3. The van der Waals surface area contributed by atoms with Crippen LogP contribution < -0.4 is 14.5 Å². The molecule has 0 amide bonds. The van der Waals surface area contributed by atoms with Crippen LogP contribution in [0.15, 0.2) is 170 Å². The second-order valence-electron chi connectivity index (χ2n) is 11.9. The van der Waals surface area contributed by atoms with Gasteiger partial charge in [0.1, 0.15) is 5.82 Å². The van der Waals surface area contributed by atoms with E-state index in [2.05, 4.69) is 135 Å². The third-order valence-corrected chi connectivity index (χ3v) is 8.75. The molecule has 0 bridgehead atoms. The predicted octanol–water partition coefficient (Wildman–Crippen LogP) is 10.8. The molecule has 0 saturated heterocycles. The topological polar surface area (TPSA) is 33.5 Å². The van der Waals surface area contributed by atoms with E-state index in [0.29, 0.717) is 11.5 Å². The van der Waals surface area contributed by atoms with E-state index < -0.39 is 0 Å². The number of anilines is 2. The van der Waals surface area contributed by atoms with Gasteiger partial charge < -0.3 is 19.1 Å². The zero-order valence-corrected chi connectivity index (χ0v) is 29.0. The van der Waals surface area contributed by atoms with E-state index in [-0.39, 0.29) is 21.1 Å². The molecule has 50 heavy (non-hydrogen) atoms. The monoisotopic (exact) mass is 824 g/mol. The second kappa shape index (κ2) is 13.5. The van der Waals surface area contributed by atoms with Gasteiger partial charge in [-0.15, -0.1) is 48.1 Å². The fourth-order valence-corrected chi connectivity index (χ4v) is 6.43. The van der Waals surface area contributed by atoms with Gasteiger partial charge in [0.05, 0.1) is 0 Å². The molecule has 8 aromatic rings. The van der Waals surface area contributed by atoms with Gasteiger partial charge in [0.15, 0.2) is 0 Å². The Morgan fingerprint density at radius 1 is 0.540 bits per heavy atom. The maximum absolute atomic E-state index is 6.39. The Labute approximate surface area is 305 Å². The number of hydrogen-bond acceptors (Lipinski definition) is 4. The SMILES string of the molecule is [Pt].[c-]1c(Oc2[c-]c3c(cc2)c2ccccc2n3-c2ccccn2)cccc1N1C=CN(c2cc(-c3ccccc3)cc(-c3ccccc3)c2)[CH-]1. The molecule has 0 saturated carbocycles. The average Bonchev–Trinajstić information content (AvgIpc) is 3.80. The molecule has 5 nitrogen and oxygen atoms in total. The minimum absolute atomic E-state index is 0. The summed E-state index contributed by atoms with van der Waals surface area (Å²) in [5.41, 5.74) is 8.59. The minimum atomic E-state index is 0. The van der Waals surface area contributed by atoms with E-state index in [1.807, 2.05) is 73.1 Å². The Balaban J connectivity index is 0.00000361. The number of ether oxygens (including phenoxy) is 1. The second-order valence-corrected chi connectivity index (χ2v) is 11.9. The number of pyridine rings is 1. The van der Waals surface area contributed by atoms with Gasteiger partial charge in [-0.3, -0.25) is 0 Å². The van der Waals surface area contributed by atoms with Crippen molar-refractivity contribution in [1.29, 1.82) is 0 Å². The van der Waals surface area contributed by atoms with Crippen molar-refractivity contribution in [2.24, 2.45) is 0 Å². The molecule has 0 aliphatic carbocycles. The van der Waals surface area contributed by atoms with Gasteiger partial charge in [-0.25, -0.2) is 4.98 Å². The fourth-order valence-electron chi connectivity index (χ4n) is 6.43. The molecule has 0 N–H and O–H groups in total. The standard InChI is InChI=1S/C44H29N4O.Pt/c1-3-12-32(13-4-1)34-26-35(33-14-5-2-6-15-33)28-37(27-34)47-25-24-46(31-47)36-16-11-17-38(29-36)49-39-21-22-41-40-18-7-8-19-42(40)48(43(41)30-39)44-20-9-10-23-45-44;/h1-28,31H;/q-3;. The Kier molecular flexibility index (Phi) is 8.50. The Morgan fingerprint density at radius 2 is 1.22 bits per heavy atom. The summed E-state index contributed by atoms with van der Waals surface area (Å²) in [7, 11) is 0. The summed E-state index contributed by atoms with van der Waals surface area (Å²) < 4.78 is 8.52. The largest absolute Gasteiger partial charge is 0.509 e. The zero-order valence-electron chi connectivity index (χ0n) is 26.8. The van der Waals surface area contributed by atoms with Crippen LogP contribution in [0, 0.1) is 18.8 Å². The van der Waals surface area contributed by atoms with Crippen molar-refractivity contribution >= 4 is 33.2 Å². The van der Waals surface area contributed by atoms with Gasteiger partial charge in [-0.1, -0.05) is 90.4 Å². The third-order valence-electron chi connectivity index (χ3n) is 8.75. The number of hydrogen-bond donors (Lipinski definition) is 0. The van der Waals surface area contributed by atoms with Crippen LogP contribution in [0.25, 0.3) is 49.9 Å². The number of aromatic nitrogens is 2. The molecule has 0 spiro atoms. The van der Waals surface area contributed by atoms with Crippen LogP contribution in [0.1, 0.15) is 0 Å². The predicted molar refractivity (Wildman–Crippen MR) is 198 cm³/mol. The van der Waals surface area contributed by atoms with Crippen LogP contribution in [0.3, 0.4) is 0 Å². The molecule has 0 radical (unpaired) electrons. The van der Waals surface area contributed by atoms with E-state index in [9.17, 15) is 0 Å². The van der Waals surface area contributed by atoms with Gasteiger partial charge in [-0.05, 0) is 76.4 Å².